The second-order valence-electron chi connectivity index (χ2n) is 30.2. The largest absolute Gasteiger partial charge is 0.466 e. The Morgan fingerprint density at radius 2 is 0.684 bits per heavy atom. The van der Waals surface area contributed by atoms with Crippen LogP contribution < -0.4 is 5.32 Å². The third kappa shape index (κ3) is 63.6. The normalized spacial score (nSPS) is 17.3. The maximum Gasteiger partial charge on any atom is 0.305 e. The number of carbonyl (C=O) groups excluding carboxylic acids is 2. The maximum absolute atomic E-state index is 13.1. The summed E-state index contributed by atoms with van der Waals surface area (Å²) in [6, 6.07) is -0.808. The number of esters is 1. The molecular weight excluding hydrogens is 1220 g/mol. The van der Waals surface area contributed by atoms with Crippen molar-refractivity contribution in [1.82, 2.24) is 5.32 Å². The Balaban J connectivity index is 1.90. The van der Waals surface area contributed by atoms with E-state index in [9.17, 15) is 35.1 Å². The molecule has 0 bridgehead atoms. The van der Waals surface area contributed by atoms with Gasteiger partial charge in [0.05, 0.1) is 32.0 Å². The van der Waals surface area contributed by atoms with Gasteiger partial charge in [-0.25, -0.2) is 0 Å². The average molecular weight is 1390 g/mol. The number of rotatable bonds is 78. The number of ether oxygens (including phenoxy) is 3. The standard InChI is InChI=1S/C87H165NO10/c1-3-5-7-9-11-13-15-17-19-47-51-55-59-63-67-71-75-83(92)96-76-72-68-64-60-56-52-48-44-42-40-38-36-34-32-30-28-26-24-22-20-21-23-25-27-29-31-33-35-37-39-41-43-46-50-54-58-62-66-70-74-82(91)88-79(78-97-87-86(95)85(94)84(93)81(77-89)98-87)80(90)73-69-65-61-57-53-49-45-18-16-14-12-10-8-6-4-2/h20-21,24,26,69,73,79-81,84-87,89-90,93-95H,3-19,22-23,25,27-68,70-72,74-78H2,1-2H3,(H,88,91)/b21-20-,26-24-,73-69+. The molecule has 7 unspecified atom stereocenters. The first-order valence-electron chi connectivity index (χ1n) is 43.3. The van der Waals surface area contributed by atoms with Gasteiger partial charge in [-0.1, -0.05) is 403 Å². The van der Waals surface area contributed by atoms with Gasteiger partial charge in [0.15, 0.2) is 6.29 Å². The van der Waals surface area contributed by atoms with Crippen molar-refractivity contribution >= 4 is 11.9 Å². The molecule has 1 heterocycles. The number of amides is 1. The van der Waals surface area contributed by atoms with Gasteiger partial charge < -0.3 is 45.1 Å². The lowest BCUT2D eigenvalue weighted by atomic mass is 9.99. The van der Waals surface area contributed by atoms with Crippen LogP contribution in [0.2, 0.25) is 0 Å². The molecule has 1 saturated heterocycles. The Bertz CT molecular complexity index is 1720. The highest BCUT2D eigenvalue weighted by molar-refractivity contribution is 5.76. The van der Waals surface area contributed by atoms with Gasteiger partial charge in [0.25, 0.3) is 0 Å². The Labute approximate surface area is 606 Å². The van der Waals surface area contributed by atoms with Crippen molar-refractivity contribution in [2.45, 2.75) is 487 Å². The van der Waals surface area contributed by atoms with E-state index in [0.29, 0.717) is 19.4 Å². The van der Waals surface area contributed by atoms with Crippen molar-refractivity contribution in [1.29, 1.82) is 0 Å². The quantitative estimate of drug-likeness (QED) is 0.0195. The zero-order valence-corrected chi connectivity index (χ0v) is 64.8. The molecule has 1 fully saturated rings. The van der Waals surface area contributed by atoms with E-state index < -0.39 is 49.5 Å². The first kappa shape index (κ1) is 93.9. The molecule has 0 aromatic heterocycles. The number of hydrogen-bond acceptors (Lipinski definition) is 10. The fraction of sp³-hybridized carbons (Fsp3) is 0.908. The predicted molar refractivity (Wildman–Crippen MR) is 417 cm³/mol. The topological polar surface area (TPSA) is 175 Å². The second kappa shape index (κ2) is 76.0. The van der Waals surface area contributed by atoms with E-state index in [2.05, 4.69) is 43.5 Å². The summed E-state index contributed by atoms with van der Waals surface area (Å²) >= 11 is 0. The van der Waals surface area contributed by atoms with Gasteiger partial charge >= 0.3 is 5.97 Å². The van der Waals surface area contributed by atoms with Crippen LogP contribution in [0.4, 0.5) is 0 Å². The Kier molecular flexibility index (Phi) is 72.8. The molecule has 578 valence electrons. The number of nitrogens with one attached hydrogen (secondary N) is 1. The molecule has 7 atom stereocenters. The van der Waals surface area contributed by atoms with Gasteiger partial charge in [-0.3, -0.25) is 9.59 Å². The van der Waals surface area contributed by atoms with E-state index in [-0.39, 0.29) is 18.5 Å². The van der Waals surface area contributed by atoms with Crippen molar-refractivity contribution in [2.24, 2.45) is 0 Å². The minimum atomic E-state index is -1.57. The number of hydrogen-bond donors (Lipinski definition) is 6. The second-order valence-corrected chi connectivity index (χ2v) is 30.2. The molecule has 0 aromatic carbocycles. The third-order valence-electron chi connectivity index (χ3n) is 20.7. The first-order chi connectivity index (χ1) is 48.2. The van der Waals surface area contributed by atoms with Crippen LogP contribution in [0.5, 0.6) is 0 Å². The molecule has 0 spiro atoms. The minimum absolute atomic E-state index is 0.0190. The highest BCUT2D eigenvalue weighted by Crippen LogP contribution is 2.24. The fourth-order valence-corrected chi connectivity index (χ4v) is 14.0. The minimum Gasteiger partial charge on any atom is -0.466 e. The number of aliphatic hydroxyl groups is 5. The molecule has 98 heavy (non-hydrogen) atoms. The number of allylic oxidation sites excluding steroid dienone is 5. The summed E-state index contributed by atoms with van der Waals surface area (Å²) in [5.74, 6) is -0.156. The highest BCUT2D eigenvalue weighted by atomic mass is 16.7. The number of aliphatic hydroxyl groups excluding tert-OH is 5. The molecule has 1 aliphatic rings. The van der Waals surface area contributed by atoms with Crippen molar-refractivity contribution in [3.8, 4) is 0 Å². The molecule has 1 rings (SSSR count). The molecule has 1 aliphatic heterocycles. The van der Waals surface area contributed by atoms with E-state index >= 15 is 0 Å². The Morgan fingerprint density at radius 3 is 1.03 bits per heavy atom. The van der Waals surface area contributed by atoms with E-state index in [0.717, 1.165) is 57.8 Å². The summed E-state index contributed by atoms with van der Waals surface area (Å²) in [5.41, 5.74) is 0. The van der Waals surface area contributed by atoms with E-state index in [1.165, 1.54) is 360 Å². The summed E-state index contributed by atoms with van der Waals surface area (Å²) in [4.78, 5) is 25.2. The van der Waals surface area contributed by atoms with Crippen LogP contribution in [-0.4, -0.2) is 100 Å². The molecule has 0 saturated carbocycles. The van der Waals surface area contributed by atoms with Crippen LogP contribution in [0, 0.1) is 0 Å². The summed E-state index contributed by atoms with van der Waals surface area (Å²) in [6.07, 6.45) is 90.5. The summed E-state index contributed by atoms with van der Waals surface area (Å²) in [5, 5.41) is 54.7. The van der Waals surface area contributed by atoms with Crippen LogP contribution >= 0.6 is 0 Å². The molecule has 0 radical (unpaired) electrons. The van der Waals surface area contributed by atoms with Crippen molar-refractivity contribution in [2.75, 3.05) is 19.8 Å². The summed E-state index contributed by atoms with van der Waals surface area (Å²) in [6.45, 7) is 4.42. The van der Waals surface area contributed by atoms with Gasteiger partial charge in [0.2, 0.25) is 5.91 Å². The van der Waals surface area contributed by atoms with Crippen LogP contribution in [0.15, 0.2) is 36.5 Å². The Hall–Kier alpha value is -2.12. The predicted octanol–water partition coefficient (Wildman–Crippen LogP) is 24.0. The van der Waals surface area contributed by atoms with Crippen LogP contribution in [0.25, 0.3) is 0 Å². The molecule has 6 N–H and O–H groups in total. The van der Waals surface area contributed by atoms with Crippen LogP contribution in [0.1, 0.15) is 444 Å². The number of unbranched alkanes of at least 4 members (excludes halogenated alkanes) is 60. The summed E-state index contributed by atoms with van der Waals surface area (Å²) in [7, 11) is 0. The fourth-order valence-electron chi connectivity index (χ4n) is 14.0. The lowest BCUT2D eigenvalue weighted by Crippen LogP contribution is -2.60. The summed E-state index contributed by atoms with van der Waals surface area (Å²) < 4.78 is 16.8. The average Bonchev–Trinajstić information content (AvgIpc) is 0.823. The van der Waals surface area contributed by atoms with E-state index in [4.69, 9.17) is 14.2 Å². The SMILES string of the molecule is CCCCCCCCCCCCCCC/C=C/C(O)C(COC1OC(CO)C(O)C(O)C1O)NC(=O)CCCCCCCCCCCCCCCCCCC/C=C\C/C=C\CCCCCCCCCCCCCCCCCOC(=O)CCCCCCCCCCCCCCCCCC. The monoisotopic (exact) mass is 1380 g/mol. The van der Waals surface area contributed by atoms with Gasteiger partial charge in [0, 0.05) is 12.8 Å². The van der Waals surface area contributed by atoms with Crippen molar-refractivity contribution in [3.63, 3.8) is 0 Å². The lowest BCUT2D eigenvalue weighted by Gasteiger charge is -2.40. The first-order valence-corrected chi connectivity index (χ1v) is 43.3. The third-order valence-corrected chi connectivity index (χ3v) is 20.7. The highest BCUT2D eigenvalue weighted by Gasteiger charge is 2.44. The van der Waals surface area contributed by atoms with Crippen LogP contribution in [-0.2, 0) is 23.8 Å². The maximum atomic E-state index is 13.1. The number of carbonyl (C=O) groups is 2. The van der Waals surface area contributed by atoms with Crippen LogP contribution in [0.3, 0.4) is 0 Å². The van der Waals surface area contributed by atoms with Gasteiger partial charge in [0.1, 0.15) is 24.4 Å². The molecule has 11 nitrogen and oxygen atoms in total. The van der Waals surface area contributed by atoms with E-state index in [1.54, 1.807) is 6.08 Å². The molecular formula is C87H165NO10. The lowest BCUT2D eigenvalue weighted by molar-refractivity contribution is -0.302. The van der Waals surface area contributed by atoms with Gasteiger partial charge in [-0.05, 0) is 64.2 Å². The molecule has 11 heteroatoms. The van der Waals surface area contributed by atoms with Gasteiger partial charge in [-0.15, -0.1) is 0 Å². The Morgan fingerprint density at radius 1 is 0.378 bits per heavy atom. The van der Waals surface area contributed by atoms with Crippen molar-refractivity contribution in [3.05, 3.63) is 36.5 Å². The smallest absolute Gasteiger partial charge is 0.305 e. The zero-order chi connectivity index (χ0) is 70.8. The van der Waals surface area contributed by atoms with Crippen molar-refractivity contribution < 1.29 is 49.3 Å². The molecule has 0 aromatic rings. The van der Waals surface area contributed by atoms with Gasteiger partial charge in [-0.2, -0.15) is 0 Å². The zero-order valence-electron chi connectivity index (χ0n) is 64.8. The van der Waals surface area contributed by atoms with E-state index in [1.807, 2.05) is 6.08 Å². The molecule has 1 amide bonds. The molecule has 0 aliphatic carbocycles.